The molecule has 10 heteroatoms. The van der Waals surface area contributed by atoms with Crippen molar-refractivity contribution < 1.29 is 27.9 Å². The summed E-state index contributed by atoms with van der Waals surface area (Å²) < 4.78 is 39.1. The van der Waals surface area contributed by atoms with Crippen molar-refractivity contribution in [2.75, 3.05) is 0 Å². The van der Waals surface area contributed by atoms with Crippen LogP contribution in [0.15, 0.2) is 66.9 Å². The van der Waals surface area contributed by atoms with Crippen LogP contribution < -0.4 is 5.32 Å². The number of rotatable bonds is 9. The first-order valence-corrected chi connectivity index (χ1v) is 12.0. The smallest absolute Gasteiger partial charge is 0.416 e. The molecule has 7 nitrogen and oxygen atoms in total. The highest BCUT2D eigenvalue weighted by molar-refractivity contribution is 5.97. The van der Waals surface area contributed by atoms with Gasteiger partial charge < -0.3 is 10.4 Å². The average Bonchev–Trinajstić information content (AvgIpc) is 2.90. The molecule has 2 heterocycles. The number of fused-ring (bicyclic) bond motifs is 1. The molecule has 0 aliphatic rings. The van der Waals surface area contributed by atoms with Gasteiger partial charge in [-0.15, -0.1) is 0 Å². The quantitative estimate of drug-likeness (QED) is 0.261. The normalized spacial score (nSPS) is 12.3. The third kappa shape index (κ3) is 6.50. The van der Waals surface area contributed by atoms with Gasteiger partial charge in [-0.1, -0.05) is 18.2 Å². The van der Waals surface area contributed by atoms with Crippen LogP contribution >= 0.6 is 0 Å². The molecule has 2 aromatic heterocycles. The van der Waals surface area contributed by atoms with Gasteiger partial charge >= 0.3 is 12.1 Å². The van der Waals surface area contributed by atoms with Gasteiger partial charge in [0.2, 0.25) is 0 Å². The van der Waals surface area contributed by atoms with Gasteiger partial charge in [0.1, 0.15) is 0 Å². The molecule has 196 valence electrons. The number of halogens is 3. The van der Waals surface area contributed by atoms with Crippen molar-refractivity contribution >= 4 is 22.9 Å². The molecule has 0 saturated carbocycles. The minimum absolute atomic E-state index is 0.00457. The van der Waals surface area contributed by atoms with Crippen LogP contribution in [0.3, 0.4) is 0 Å². The van der Waals surface area contributed by atoms with Gasteiger partial charge in [0.05, 0.1) is 39.7 Å². The molecule has 4 aromatic rings. The standard InChI is InChI=1S/C28H25F3N4O3/c1-17(21-6-4-5-15-32-21)33-27(38)19-11-14-22-24(16-19)34-23(7-2-3-8-25(36)37)26(35-22)18-9-12-20(13-10-18)28(29,30)31/h4-6,9-17H,2-3,7-8H2,1H3,(H,33,38)(H,36,37). The number of pyridine rings is 1. The fourth-order valence-corrected chi connectivity index (χ4v) is 4.01. The summed E-state index contributed by atoms with van der Waals surface area (Å²) in [5.41, 5.74) is 2.64. The predicted octanol–water partition coefficient (Wildman–Crippen LogP) is 6.00. The zero-order chi connectivity index (χ0) is 27.3. The van der Waals surface area contributed by atoms with Gasteiger partial charge in [-0.3, -0.25) is 14.6 Å². The molecule has 0 radical (unpaired) electrons. The molecule has 1 atom stereocenters. The van der Waals surface area contributed by atoms with Crippen LogP contribution in [0.4, 0.5) is 13.2 Å². The van der Waals surface area contributed by atoms with E-state index in [9.17, 15) is 22.8 Å². The number of aryl methyl sites for hydroxylation is 1. The Morgan fingerprint density at radius 1 is 0.974 bits per heavy atom. The number of carboxylic acids is 1. The fourth-order valence-electron chi connectivity index (χ4n) is 4.01. The van der Waals surface area contributed by atoms with E-state index in [0.29, 0.717) is 58.5 Å². The SMILES string of the molecule is CC(NC(=O)c1ccc2nc(-c3ccc(C(F)(F)F)cc3)c(CCCCC(=O)O)nc2c1)c1ccccn1. The molecule has 1 unspecified atom stereocenters. The second-order valence-corrected chi connectivity index (χ2v) is 8.85. The topological polar surface area (TPSA) is 105 Å². The number of carboxylic acid groups (broad SMARTS) is 1. The maximum atomic E-state index is 13.0. The molecule has 38 heavy (non-hydrogen) atoms. The van der Waals surface area contributed by atoms with E-state index >= 15 is 0 Å². The van der Waals surface area contributed by atoms with Crippen LogP contribution in [0.2, 0.25) is 0 Å². The van der Waals surface area contributed by atoms with Crippen molar-refractivity contribution in [2.24, 2.45) is 0 Å². The van der Waals surface area contributed by atoms with Crippen molar-refractivity contribution in [2.45, 2.75) is 44.8 Å². The molecule has 0 bridgehead atoms. The van der Waals surface area contributed by atoms with Crippen molar-refractivity contribution in [3.05, 3.63) is 89.4 Å². The number of hydrogen-bond donors (Lipinski definition) is 2. The number of unbranched alkanes of at least 4 members (excludes halogenated alkanes) is 1. The van der Waals surface area contributed by atoms with E-state index in [1.165, 1.54) is 12.1 Å². The van der Waals surface area contributed by atoms with Gasteiger partial charge in [0.15, 0.2) is 0 Å². The highest BCUT2D eigenvalue weighted by Gasteiger charge is 2.30. The zero-order valence-corrected chi connectivity index (χ0v) is 20.5. The van der Waals surface area contributed by atoms with E-state index in [0.717, 1.165) is 12.1 Å². The van der Waals surface area contributed by atoms with E-state index in [1.807, 2.05) is 19.1 Å². The molecule has 0 aliphatic carbocycles. The Morgan fingerprint density at radius 2 is 1.74 bits per heavy atom. The molecular formula is C28H25F3N4O3. The Balaban J connectivity index is 1.65. The molecule has 1 amide bonds. The Bertz CT molecular complexity index is 1440. The molecule has 0 saturated heterocycles. The minimum atomic E-state index is -4.46. The number of alkyl halides is 3. The van der Waals surface area contributed by atoms with Gasteiger partial charge in [-0.25, -0.2) is 9.97 Å². The first-order valence-electron chi connectivity index (χ1n) is 12.0. The number of carbonyl (C=O) groups is 2. The van der Waals surface area contributed by atoms with Crippen LogP contribution in [-0.2, 0) is 17.4 Å². The van der Waals surface area contributed by atoms with E-state index in [4.69, 9.17) is 10.1 Å². The summed E-state index contributed by atoms with van der Waals surface area (Å²) in [5, 5.41) is 11.8. The molecule has 0 fully saturated rings. The van der Waals surface area contributed by atoms with Crippen LogP contribution in [0.25, 0.3) is 22.3 Å². The van der Waals surface area contributed by atoms with Crippen LogP contribution in [-0.4, -0.2) is 31.9 Å². The summed E-state index contributed by atoms with van der Waals surface area (Å²) in [7, 11) is 0. The second-order valence-electron chi connectivity index (χ2n) is 8.85. The molecule has 4 rings (SSSR count). The second kappa shape index (κ2) is 11.4. The lowest BCUT2D eigenvalue weighted by atomic mass is 10.0. The number of carbonyl (C=O) groups excluding carboxylic acids is 1. The lowest BCUT2D eigenvalue weighted by Crippen LogP contribution is -2.27. The third-order valence-corrected chi connectivity index (χ3v) is 6.02. The largest absolute Gasteiger partial charge is 0.481 e. The lowest BCUT2D eigenvalue weighted by molar-refractivity contribution is -0.138. The lowest BCUT2D eigenvalue weighted by Gasteiger charge is -2.14. The highest BCUT2D eigenvalue weighted by Crippen LogP contribution is 2.32. The number of hydrogen-bond acceptors (Lipinski definition) is 5. The van der Waals surface area contributed by atoms with Crippen molar-refractivity contribution in [1.29, 1.82) is 0 Å². The minimum Gasteiger partial charge on any atom is -0.481 e. The summed E-state index contributed by atoms with van der Waals surface area (Å²) in [6.07, 6.45) is -1.53. The predicted molar refractivity (Wildman–Crippen MR) is 135 cm³/mol. The number of amides is 1. The van der Waals surface area contributed by atoms with Gasteiger partial charge in [-0.2, -0.15) is 13.2 Å². The van der Waals surface area contributed by atoms with Crippen LogP contribution in [0, 0.1) is 0 Å². The van der Waals surface area contributed by atoms with Gasteiger partial charge in [0, 0.05) is 23.7 Å². The Morgan fingerprint density at radius 3 is 2.39 bits per heavy atom. The molecular weight excluding hydrogens is 497 g/mol. The Labute approximate surface area is 216 Å². The number of aromatic nitrogens is 3. The maximum absolute atomic E-state index is 13.0. The maximum Gasteiger partial charge on any atom is 0.416 e. The van der Waals surface area contributed by atoms with Crippen molar-refractivity contribution in [1.82, 2.24) is 20.3 Å². The Kier molecular flexibility index (Phi) is 7.99. The zero-order valence-electron chi connectivity index (χ0n) is 20.5. The number of aliphatic carboxylic acids is 1. The molecule has 2 aromatic carbocycles. The first-order chi connectivity index (χ1) is 18.1. The first kappa shape index (κ1) is 26.7. The summed E-state index contributed by atoms with van der Waals surface area (Å²) in [5.74, 6) is -1.23. The summed E-state index contributed by atoms with van der Waals surface area (Å²) in [6.45, 7) is 1.83. The molecule has 0 aliphatic heterocycles. The third-order valence-electron chi connectivity index (χ3n) is 6.02. The summed E-state index contributed by atoms with van der Waals surface area (Å²) in [4.78, 5) is 37.4. The summed E-state index contributed by atoms with van der Waals surface area (Å²) >= 11 is 0. The van der Waals surface area contributed by atoms with Crippen LogP contribution in [0.1, 0.15) is 59.5 Å². The molecule has 2 N–H and O–H groups in total. The number of nitrogens with one attached hydrogen (secondary N) is 1. The Hall–Kier alpha value is -4.34. The fraction of sp³-hybridized carbons (Fsp3) is 0.250. The number of nitrogens with zero attached hydrogens (tertiary/aromatic N) is 3. The van der Waals surface area contributed by atoms with Crippen LogP contribution in [0.5, 0.6) is 0 Å². The molecule has 0 spiro atoms. The summed E-state index contributed by atoms with van der Waals surface area (Å²) in [6, 6.07) is 14.7. The van der Waals surface area contributed by atoms with E-state index in [1.54, 1.807) is 30.5 Å². The van der Waals surface area contributed by atoms with E-state index in [2.05, 4.69) is 15.3 Å². The van der Waals surface area contributed by atoms with E-state index in [-0.39, 0.29) is 18.4 Å². The van der Waals surface area contributed by atoms with Crippen molar-refractivity contribution in [3.8, 4) is 11.3 Å². The van der Waals surface area contributed by atoms with Gasteiger partial charge in [0.25, 0.3) is 5.91 Å². The van der Waals surface area contributed by atoms with Gasteiger partial charge in [-0.05, 0) is 68.7 Å². The van der Waals surface area contributed by atoms with Crippen molar-refractivity contribution in [3.63, 3.8) is 0 Å². The van der Waals surface area contributed by atoms with E-state index < -0.39 is 17.7 Å². The average molecular weight is 523 g/mol. The highest BCUT2D eigenvalue weighted by atomic mass is 19.4. The monoisotopic (exact) mass is 522 g/mol. The number of benzene rings is 2.